The first kappa shape index (κ1) is 17.6. The van der Waals surface area contributed by atoms with Gasteiger partial charge in [-0.3, -0.25) is 4.79 Å². The molecule has 1 N–H and O–H groups in total. The van der Waals surface area contributed by atoms with Crippen molar-refractivity contribution in [3.05, 3.63) is 71.2 Å². The lowest BCUT2D eigenvalue weighted by molar-refractivity contribution is 0.0527. The molecule has 1 aromatic heterocycles. The molecule has 1 heterocycles. The summed E-state index contributed by atoms with van der Waals surface area (Å²) in [5.41, 5.74) is 1.15. The number of hydrogen-bond acceptors (Lipinski definition) is 6. The number of esters is 1. The van der Waals surface area contributed by atoms with E-state index in [1.54, 1.807) is 61.7 Å². The van der Waals surface area contributed by atoms with Crippen LogP contribution in [0.1, 0.15) is 27.6 Å². The second-order valence-corrected chi connectivity index (χ2v) is 6.00. The van der Waals surface area contributed by atoms with Gasteiger partial charge >= 0.3 is 5.97 Å². The molecule has 0 aliphatic heterocycles. The molecule has 1 amide bonds. The van der Waals surface area contributed by atoms with Crippen LogP contribution in [-0.4, -0.2) is 23.5 Å². The highest BCUT2D eigenvalue weighted by Crippen LogP contribution is 2.24. The Hall–Kier alpha value is -3.19. The smallest absolute Gasteiger partial charge is 0.340 e. The second kappa shape index (κ2) is 8.26. The molecule has 0 aliphatic rings. The van der Waals surface area contributed by atoms with E-state index in [1.165, 1.54) is 11.3 Å². The van der Waals surface area contributed by atoms with Gasteiger partial charge in [0.2, 0.25) is 0 Å². The van der Waals surface area contributed by atoms with Crippen molar-refractivity contribution in [3.63, 3.8) is 0 Å². The molecule has 0 atom stereocenters. The predicted octanol–water partition coefficient (Wildman–Crippen LogP) is 4.36. The summed E-state index contributed by atoms with van der Waals surface area (Å²) < 4.78 is 10.6. The van der Waals surface area contributed by atoms with Crippen LogP contribution in [0.5, 0.6) is 10.9 Å². The topological polar surface area (TPSA) is 77.5 Å². The number of thiazole rings is 1. The van der Waals surface area contributed by atoms with E-state index in [9.17, 15) is 9.59 Å². The van der Waals surface area contributed by atoms with Gasteiger partial charge in [-0.15, -0.1) is 0 Å². The molecule has 0 saturated heterocycles. The minimum absolute atomic E-state index is 0.266. The number of rotatable bonds is 6. The zero-order chi connectivity index (χ0) is 18.4. The largest absolute Gasteiger partial charge is 0.462 e. The molecule has 0 fully saturated rings. The number of ether oxygens (including phenoxy) is 2. The number of para-hydroxylation sites is 1. The molecule has 2 aromatic carbocycles. The Kier molecular flexibility index (Phi) is 5.60. The molecule has 3 aromatic rings. The average molecular weight is 368 g/mol. The van der Waals surface area contributed by atoms with Crippen molar-refractivity contribution >= 4 is 28.9 Å². The average Bonchev–Trinajstić information content (AvgIpc) is 3.16. The molecule has 0 radical (unpaired) electrons. The van der Waals surface area contributed by atoms with Crippen LogP contribution < -0.4 is 10.1 Å². The van der Waals surface area contributed by atoms with Crippen LogP contribution in [0, 0.1) is 0 Å². The molecule has 3 rings (SSSR count). The second-order valence-electron chi connectivity index (χ2n) is 5.14. The highest BCUT2D eigenvalue weighted by molar-refractivity contribution is 7.11. The Labute approximate surface area is 154 Å². The van der Waals surface area contributed by atoms with Crippen LogP contribution in [0.2, 0.25) is 0 Å². The Morgan fingerprint density at radius 2 is 1.88 bits per heavy atom. The molecule has 0 spiro atoms. The van der Waals surface area contributed by atoms with Gasteiger partial charge in [-0.1, -0.05) is 23.5 Å². The molecule has 0 bridgehead atoms. The van der Waals surface area contributed by atoms with Crippen molar-refractivity contribution < 1.29 is 19.1 Å². The third kappa shape index (κ3) is 4.25. The molecule has 132 valence electrons. The van der Waals surface area contributed by atoms with Gasteiger partial charge in [0.15, 0.2) is 0 Å². The maximum atomic E-state index is 12.5. The number of benzene rings is 2. The van der Waals surface area contributed by atoms with Crippen molar-refractivity contribution in [1.29, 1.82) is 0 Å². The maximum absolute atomic E-state index is 12.5. The SMILES string of the molecule is CCOC(=O)c1ccccc1NC(=O)c1ccc(Oc2nccs2)cc1. The van der Waals surface area contributed by atoms with Crippen molar-refractivity contribution in [1.82, 2.24) is 4.98 Å². The minimum atomic E-state index is -0.476. The number of amides is 1. The maximum Gasteiger partial charge on any atom is 0.340 e. The first-order valence-corrected chi connectivity index (χ1v) is 8.80. The Bertz CT molecular complexity index is 892. The van der Waals surface area contributed by atoms with Crippen molar-refractivity contribution in [3.8, 4) is 10.9 Å². The zero-order valence-electron chi connectivity index (χ0n) is 14.0. The molecular formula is C19H16N2O4S. The van der Waals surface area contributed by atoms with Crippen molar-refractivity contribution in [2.24, 2.45) is 0 Å². The Balaban J connectivity index is 1.71. The number of carbonyl (C=O) groups excluding carboxylic acids is 2. The minimum Gasteiger partial charge on any atom is -0.462 e. The van der Waals surface area contributed by atoms with E-state index in [0.717, 1.165) is 0 Å². The molecule has 0 aliphatic carbocycles. The zero-order valence-corrected chi connectivity index (χ0v) is 14.8. The van der Waals surface area contributed by atoms with Crippen LogP contribution in [-0.2, 0) is 4.74 Å². The Morgan fingerprint density at radius 1 is 1.12 bits per heavy atom. The van der Waals surface area contributed by atoms with E-state index >= 15 is 0 Å². The first-order chi connectivity index (χ1) is 12.7. The molecule has 26 heavy (non-hydrogen) atoms. The normalized spacial score (nSPS) is 10.2. The number of anilines is 1. The van der Waals surface area contributed by atoms with E-state index in [1.807, 2.05) is 5.38 Å². The standard InChI is InChI=1S/C19H16N2O4S/c1-2-24-18(23)15-5-3-4-6-16(15)21-17(22)13-7-9-14(10-8-13)25-19-20-11-12-26-19/h3-12H,2H2,1H3,(H,21,22). The summed E-state index contributed by atoms with van der Waals surface area (Å²) in [5.74, 6) is -0.221. The highest BCUT2D eigenvalue weighted by atomic mass is 32.1. The fourth-order valence-electron chi connectivity index (χ4n) is 2.21. The first-order valence-electron chi connectivity index (χ1n) is 7.92. The summed E-state index contributed by atoms with van der Waals surface area (Å²) in [7, 11) is 0. The van der Waals surface area contributed by atoms with Gasteiger partial charge in [0.05, 0.1) is 17.9 Å². The van der Waals surface area contributed by atoms with Crippen LogP contribution in [0.25, 0.3) is 0 Å². The summed E-state index contributed by atoms with van der Waals surface area (Å²) in [6.07, 6.45) is 1.66. The van der Waals surface area contributed by atoms with Crippen LogP contribution in [0.4, 0.5) is 5.69 Å². The van der Waals surface area contributed by atoms with E-state index < -0.39 is 5.97 Å². The van der Waals surface area contributed by atoms with Gasteiger partial charge in [0.25, 0.3) is 11.1 Å². The van der Waals surface area contributed by atoms with Gasteiger partial charge in [0, 0.05) is 17.1 Å². The molecule has 7 heteroatoms. The fraction of sp³-hybridized carbons (Fsp3) is 0.105. The number of carbonyl (C=O) groups is 2. The fourth-order valence-corrected chi connectivity index (χ4v) is 2.71. The third-order valence-corrected chi connectivity index (χ3v) is 4.05. The molecule has 6 nitrogen and oxygen atoms in total. The van der Waals surface area contributed by atoms with Crippen LogP contribution in [0.15, 0.2) is 60.1 Å². The molecular weight excluding hydrogens is 352 g/mol. The van der Waals surface area contributed by atoms with E-state index in [-0.39, 0.29) is 12.5 Å². The van der Waals surface area contributed by atoms with Gasteiger partial charge in [-0.2, -0.15) is 0 Å². The summed E-state index contributed by atoms with van der Waals surface area (Å²) in [5, 5.41) is 5.09. The lowest BCUT2D eigenvalue weighted by Gasteiger charge is -2.10. The lowest BCUT2D eigenvalue weighted by Crippen LogP contribution is -2.15. The Morgan fingerprint density at radius 3 is 2.58 bits per heavy atom. The molecule has 0 saturated carbocycles. The van der Waals surface area contributed by atoms with Crippen LogP contribution in [0.3, 0.4) is 0 Å². The number of nitrogens with one attached hydrogen (secondary N) is 1. The number of nitrogens with zero attached hydrogens (tertiary/aromatic N) is 1. The third-order valence-electron chi connectivity index (χ3n) is 3.40. The van der Waals surface area contributed by atoms with Gasteiger partial charge in [-0.05, 0) is 43.3 Å². The highest BCUT2D eigenvalue weighted by Gasteiger charge is 2.15. The number of hydrogen-bond donors (Lipinski definition) is 1. The van der Waals surface area contributed by atoms with Gasteiger partial charge in [0.1, 0.15) is 5.75 Å². The lowest BCUT2D eigenvalue weighted by atomic mass is 10.1. The van der Waals surface area contributed by atoms with Crippen molar-refractivity contribution in [2.75, 3.05) is 11.9 Å². The van der Waals surface area contributed by atoms with Gasteiger partial charge in [-0.25, -0.2) is 9.78 Å². The summed E-state index contributed by atoms with van der Waals surface area (Å²) in [4.78, 5) is 28.5. The summed E-state index contributed by atoms with van der Waals surface area (Å²) >= 11 is 1.38. The van der Waals surface area contributed by atoms with E-state index in [4.69, 9.17) is 9.47 Å². The summed E-state index contributed by atoms with van der Waals surface area (Å²) in [6.45, 7) is 2.00. The summed E-state index contributed by atoms with van der Waals surface area (Å²) in [6, 6.07) is 13.4. The quantitative estimate of drug-likeness (QED) is 0.654. The molecule has 0 unspecified atom stereocenters. The van der Waals surface area contributed by atoms with Crippen molar-refractivity contribution in [2.45, 2.75) is 6.92 Å². The van der Waals surface area contributed by atoms with Gasteiger partial charge < -0.3 is 14.8 Å². The van der Waals surface area contributed by atoms with E-state index in [2.05, 4.69) is 10.3 Å². The predicted molar refractivity (Wildman–Crippen MR) is 99.0 cm³/mol. The van der Waals surface area contributed by atoms with Crippen LogP contribution >= 0.6 is 11.3 Å². The monoisotopic (exact) mass is 368 g/mol. The van der Waals surface area contributed by atoms with E-state index in [0.29, 0.717) is 27.8 Å². The number of aromatic nitrogens is 1.